The number of halogens is 13. The van der Waals surface area contributed by atoms with E-state index < -0.39 is 49.1 Å². The van der Waals surface area contributed by atoms with Crippen molar-refractivity contribution >= 4 is 0 Å². The predicted octanol–water partition coefficient (Wildman–Crippen LogP) is 5.34. The third kappa shape index (κ3) is 5.09. The Kier molecular flexibility index (Phi) is 5.14. The van der Waals surface area contributed by atoms with Crippen molar-refractivity contribution in [1.29, 1.82) is 0 Å². The average Bonchev–Trinajstić information content (AvgIpc) is 2.08. The molecule has 0 rings (SSSR count). The second-order valence-electron chi connectivity index (χ2n) is 4.06. The summed E-state index contributed by atoms with van der Waals surface area (Å²) in [4.78, 5) is 0. The molecule has 0 nitrogen and oxygen atoms in total. The second-order valence-corrected chi connectivity index (χ2v) is 4.06. The summed E-state index contributed by atoms with van der Waals surface area (Å²) in [5.41, 5.74) is -6.40. The molecule has 0 aromatic rings. The average molecular weight is 348 g/mol. The second kappa shape index (κ2) is 5.38. The molecule has 0 N–H and O–H groups in total. The number of rotatable bonds is 3. The van der Waals surface area contributed by atoms with Crippen LogP contribution in [0.3, 0.4) is 0 Å². The zero-order valence-corrected chi connectivity index (χ0v) is 9.41. The third-order valence-electron chi connectivity index (χ3n) is 2.37. The lowest BCUT2D eigenvalue weighted by molar-refractivity contribution is -0.354. The van der Waals surface area contributed by atoms with Gasteiger partial charge in [-0.3, -0.25) is 0 Å². The van der Waals surface area contributed by atoms with Crippen molar-refractivity contribution in [2.24, 2.45) is 5.92 Å². The van der Waals surface area contributed by atoms with Crippen LogP contribution < -0.4 is 0 Å². The first-order valence-electron chi connectivity index (χ1n) is 4.77. The van der Waals surface area contributed by atoms with Crippen LogP contribution in [0.15, 0.2) is 0 Å². The third-order valence-corrected chi connectivity index (χ3v) is 2.37. The first kappa shape index (κ1) is 20.1. The van der Waals surface area contributed by atoms with E-state index in [0.29, 0.717) is 0 Å². The summed E-state index contributed by atoms with van der Waals surface area (Å²) in [6.07, 6.45) is -32.0. The summed E-state index contributed by atoms with van der Waals surface area (Å²) in [5.74, 6) is -4.19. The summed E-state index contributed by atoms with van der Waals surface area (Å²) in [6, 6.07) is 0. The van der Waals surface area contributed by atoms with Gasteiger partial charge in [-0.25, -0.2) is 4.39 Å². The van der Waals surface area contributed by atoms with Crippen molar-refractivity contribution in [3.05, 3.63) is 0 Å². The van der Waals surface area contributed by atoms with Gasteiger partial charge in [0.15, 0.2) is 0 Å². The molecule has 21 heavy (non-hydrogen) atoms. The minimum Gasteiger partial charge on any atom is -0.224 e. The van der Waals surface area contributed by atoms with Crippen molar-refractivity contribution in [2.45, 2.75) is 43.2 Å². The van der Waals surface area contributed by atoms with Crippen molar-refractivity contribution in [3.8, 4) is 0 Å². The van der Waals surface area contributed by atoms with Gasteiger partial charge in [0.1, 0.15) is 0 Å². The fraction of sp³-hybridized carbons (Fsp3) is 1.00. The van der Waals surface area contributed by atoms with Crippen molar-refractivity contribution < 1.29 is 57.1 Å². The molecule has 0 heterocycles. The zero-order chi connectivity index (χ0) is 17.5. The Morgan fingerprint density at radius 3 is 1.05 bits per heavy atom. The quantitative estimate of drug-likeness (QED) is 0.604. The maximum atomic E-state index is 13.0. The topological polar surface area (TPSA) is 0 Å². The van der Waals surface area contributed by atoms with Crippen LogP contribution in [0.25, 0.3) is 0 Å². The van der Waals surface area contributed by atoms with Crippen molar-refractivity contribution in [3.63, 3.8) is 0 Å². The van der Waals surface area contributed by atoms with E-state index in [4.69, 9.17) is 0 Å². The molecule has 128 valence electrons. The summed E-state index contributed by atoms with van der Waals surface area (Å²) >= 11 is 0. The van der Waals surface area contributed by atoms with E-state index in [9.17, 15) is 57.1 Å². The Hall–Kier alpha value is -0.910. The molecular weight excluding hydrogens is 343 g/mol. The van der Waals surface area contributed by atoms with Crippen LogP contribution in [0.1, 0.15) is 12.8 Å². The summed E-state index contributed by atoms with van der Waals surface area (Å²) in [6.45, 7) is 0. The lowest BCUT2D eigenvalue weighted by Crippen LogP contribution is -2.55. The van der Waals surface area contributed by atoms with Crippen LogP contribution in [0, 0.1) is 5.92 Å². The maximum absolute atomic E-state index is 13.0. The van der Waals surface area contributed by atoms with E-state index in [-0.39, 0.29) is 0 Å². The standard InChI is InChI=1S/C8H5F13/c9-4(7(16,17)18,8(19,20)21)1-3(6(13,14)15)2-5(10,11)12/h3H,1-2H2. The van der Waals surface area contributed by atoms with Gasteiger partial charge in [0.2, 0.25) is 0 Å². The van der Waals surface area contributed by atoms with E-state index in [1.54, 1.807) is 0 Å². The van der Waals surface area contributed by atoms with Crippen LogP contribution in [-0.2, 0) is 0 Å². The highest BCUT2D eigenvalue weighted by Gasteiger charge is 2.74. The summed E-state index contributed by atoms with van der Waals surface area (Å²) in [7, 11) is 0. The molecule has 0 aliphatic rings. The summed E-state index contributed by atoms with van der Waals surface area (Å²) < 4.78 is 157. The van der Waals surface area contributed by atoms with Crippen molar-refractivity contribution in [2.75, 3.05) is 0 Å². The monoisotopic (exact) mass is 348 g/mol. The fourth-order valence-corrected chi connectivity index (χ4v) is 1.31. The fourth-order valence-electron chi connectivity index (χ4n) is 1.31. The Balaban J connectivity index is 5.66. The minimum absolute atomic E-state index is 3.06. The molecule has 0 aromatic carbocycles. The van der Waals surface area contributed by atoms with Crippen molar-refractivity contribution in [1.82, 2.24) is 0 Å². The number of alkyl halides is 13. The molecule has 1 unspecified atom stereocenters. The highest BCUT2D eigenvalue weighted by molar-refractivity contribution is 4.97. The maximum Gasteiger partial charge on any atom is 0.431 e. The van der Waals surface area contributed by atoms with Gasteiger partial charge in [0.05, 0.1) is 12.3 Å². The lowest BCUT2D eigenvalue weighted by Gasteiger charge is -2.33. The zero-order valence-electron chi connectivity index (χ0n) is 9.41. The molecular formula is C8H5F13. The predicted molar refractivity (Wildman–Crippen MR) is 40.8 cm³/mol. The van der Waals surface area contributed by atoms with Gasteiger partial charge in [-0.1, -0.05) is 0 Å². The Bertz CT molecular complexity index is 325. The molecule has 0 spiro atoms. The molecule has 0 saturated heterocycles. The van der Waals surface area contributed by atoms with Gasteiger partial charge in [-0.05, 0) is 0 Å². The van der Waals surface area contributed by atoms with E-state index >= 15 is 0 Å². The SMILES string of the molecule is FC(F)(F)CC(CC(F)(C(F)(F)F)C(F)(F)F)C(F)(F)F. The van der Waals surface area contributed by atoms with Crippen LogP contribution in [0.5, 0.6) is 0 Å². The van der Waals surface area contributed by atoms with E-state index in [0.717, 1.165) is 0 Å². The smallest absolute Gasteiger partial charge is 0.224 e. The molecule has 0 amide bonds. The molecule has 0 bridgehead atoms. The molecule has 0 radical (unpaired) electrons. The molecule has 13 heteroatoms. The minimum atomic E-state index is -6.85. The van der Waals surface area contributed by atoms with Gasteiger partial charge >= 0.3 is 24.7 Å². The molecule has 0 fully saturated rings. The van der Waals surface area contributed by atoms with Gasteiger partial charge in [0, 0.05) is 6.42 Å². The highest BCUT2D eigenvalue weighted by atomic mass is 19.4. The Morgan fingerprint density at radius 1 is 0.524 bits per heavy atom. The molecule has 0 aliphatic heterocycles. The highest BCUT2D eigenvalue weighted by Crippen LogP contribution is 2.53. The first-order chi connectivity index (χ1) is 8.81. The molecule has 0 saturated carbocycles. The van der Waals surface area contributed by atoms with E-state index in [1.807, 2.05) is 0 Å². The normalized spacial score (nSPS) is 17.0. The molecule has 0 aromatic heterocycles. The number of hydrogen-bond donors (Lipinski definition) is 0. The largest absolute Gasteiger partial charge is 0.431 e. The van der Waals surface area contributed by atoms with Crippen LogP contribution in [0.2, 0.25) is 0 Å². The molecule has 1 atom stereocenters. The van der Waals surface area contributed by atoms with E-state index in [1.165, 1.54) is 0 Å². The Labute approximate surface area is 107 Å². The first-order valence-corrected chi connectivity index (χ1v) is 4.77. The van der Waals surface area contributed by atoms with Crippen LogP contribution in [-0.4, -0.2) is 30.4 Å². The van der Waals surface area contributed by atoms with Crippen LogP contribution >= 0.6 is 0 Å². The van der Waals surface area contributed by atoms with Crippen LogP contribution in [0.4, 0.5) is 57.1 Å². The summed E-state index contributed by atoms with van der Waals surface area (Å²) in [5, 5.41) is 0. The van der Waals surface area contributed by atoms with Gasteiger partial charge in [-0.2, -0.15) is 52.7 Å². The van der Waals surface area contributed by atoms with Gasteiger partial charge < -0.3 is 0 Å². The van der Waals surface area contributed by atoms with Gasteiger partial charge in [0.25, 0.3) is 5.67 Å². The lowest BCUT2D eigenvalue weighted by atomic mass is 9.88. The molecule has 0 aliphatic carbocycles. The van der Waals surface area contributed by atoms with Gasteiger partial charge in [-0.15, -0.1) is 0 Å². The van der Waals surface area contributed by atoms with E-state index in [2.05, 4.69) is 0 Å². The Morgan fingerprint density at radius 2 is 0.857 bits per heavy atom. The number of hydrogen-bond acceptors (Lipinski definition) is 0.